The van der Waals surface area contributed by atoms with E-state index in [9.17, 15) is 26.4 Å². The quantitative estimate of drug-likeness (QED) is 0.540. The maximum atomic E-state index is 13.1. The molecule has 7 nitrogen and oxygen atoms in total. The lowest BCUT2D eigenvalue weighted by Gasteiger charge is -2.18. The van der Waals surface area contributed by atoms with Crippen molar-refractivity contribution in [1.82, 2.24) is 14.1 Å². The molecule has 0 aliphatic heterocycles. The highest BCUT2D eigenvalue weighted by Gasteiger charge is 2.31. The number of aromatic nitrogens is 2. The molecule has 0 radical (unpaired) electrons. The first-order valence-electron chi connectivity index (χ1n) is 10.1. The summed E-state index contributed by atoms with van der Waals surface area (Å²) in [5.74, 6) is -0.478. The third-order valence-corrected chi connectivity index (χ3v) is 6.98. The van der Waals surface area contributed by atoms with Gasteiger partial charge in [-0.2, -0.15) is 22.6 Å². The fourth-order valence-electron chi connectivity index (χ4n) is 3.30. The Bertz CT molecular complexity index is 1270. The molecule has 1 N–H and O–H groups in total. The number of rotatable bonds is 7. The normalized spacial score (nSPS) is 12.2. The number of nitrogens with zero attached hydrogens (tertiary/aromatic N) is 3. The number of carbonyl (C=O) groups excluding carboxylic acids is 1. The second-order valence-corrected chi connectivity index (χ2v) is 9.14. The second-order valence-electron chi connectivity index (χ2n) is 7.20. The summed E-state index contributed by atoms with van der Waals surface area (Å²) < 4.78 is 67.3. The summed E-state index contributed by atoms with van der Waals surface area (Å²) in [6, 6.07) is 11.7. The molecule has 2 aromatic carbocycles. The lowest BCUT2D eigenvalue weighted by atomic mass is 10.2. The summed E-state index contributed by atoms with van der Waals surface area (Å²) in [6.45, 7) is 5.64. The predicted octanol–water partition coefficient (Wildman–Crippen LogP) is 4.48. The summed E-state index contributed by atoms with van der Waals surface area (Å²) in [5.41, 5.74) is -0.177. The molecule has 3 aromatic rings. The predicted molar refractivity (Wildman–Crippen MR) is 118 cm³/mol. The molecule has 0 aliphatic rings. The van der Waals surface area contributed by atoms with Crippen LogP contribution in [0.1, 0.15) is 35.5 Å². The number of aryl methyl sites for hydroxylation is 1. The second kappa shape index (κ2) is 9.36. The Hall–Kier alpha value is -3.18. The standard InChI is InChI=1S/C22H23F3N4O3S/c1-4-28(5-2)33(31,32)19-11-6-8-16(13-19)21(30)26-20-12-15(3)27-29(20)18-10-7-9-17(14-18)22(23,24)25/h6-14H,4-5H2,1-3H3,(H,26,30). The summed E-state index contributed by atoms with van der Waals surface area (Å²) in [6.07, 6.45) is -4.53. The minimum Gasteiger partial charge on any atom is -0.306 e. The van der Waals surface area contributed by atoms with Crippen molar-refractivity contribution in [2.45, 2.75) is 31.8 Å². The Morgan fingerprint density at radius 3 is 2.36 bits per heavy atom. The molecule has 0 unspecified atom stereocenters. The van der Waals surface area contributed by atoms with E-state index in [0.717, 1.165) is 12.1 Å². The smallest absolute Gasteiger partial charge is 0.306 e. The minimum absolute atomic E-state index is 0.0265. The van der Waals surface area contributed by atoms with Crippen molar-refractivity contribution in [3.63, 3.8) is 0 Å². The first-order chi connectivity index (χ1) is 15.5. The zero-order valence-electron chi connectivity index (χ0n) is 18.2. The molecule has 1 amide bonds. The van der Waals surface area contributed by atoms with E-state index in [2.05, 4.69) is 10.4 Å². The molecule has 0 atom stereocenters. The molecule has 0 bridgehead atoms. The van der Waals surface area contributed by atoms with Crippen molar-refractivity contribution in [3.05, 3.63) is 71.4 Å². The monoisotopic (exact) mass is 480 g/mol. The highest BCUT2D eigenvalue weighted by molar-refractivity contribution is 7.89. The summed E-state index contributed by atoms with van der Waals surface area (Å²) in [4.78, 5) is 12.9. The summed E-state index contributed by atoms with van der Waals surface area (Å²) in [7, 11) is -3.77. The van der Waals surface area contributed by atoms with Gasteiger partial charge in [-0.25, -0.2) is 13.1 Å². The number of benzene rings is 2. The van der Waals surface area contributed by atoms with Crippen LogP contribution in [0.2, 0.25) is 0 Å². The van der Waals surface area contributed by atoms with Gasteiger partial charge < -0.3 is 5.32 Å². The number of alkyl halides is 3. The number of hydrogen-bond donors (Lipinski definition) is 1. The molecule has 3 rings (SSSR count). The van der Waals surface area contributed by atoms with Crippen LogP contribution in [0.15, 0.2) is 59.5 Å². The van der Waals surface area contributed by atoms with Crippen molar-refractivity contribution in [2.24, 2.45) is 0 Å². The molecule has 176 valence electrons. The molecule has 33 heavy (non-hydrogen) atoms. The molecular weight excluding hydrogens is 457 g/mol. The maximum absolute atomic E-state index is 13.1. The van der Waals surface area contributed by atoms with E-state index in [1.807, 2.05) is 0 Å². The molecule has 0 spiro atoms. The lowest BCUT2D eigenvalue weighted by Crippen LogP contribution is -2.30. The number of nitrogens with one attached hydrogen (secondary N) is 1. The van der Waals surface area contributed by atoms with Gasteiger partial charge in [0.1, 0.15) is 5.82 Å². The largest absolute Gasteiger partial charge is 0.416 e. The molecule has 0 saturated heterocycles. The van der Waals surface area contributed by atoms with Gasteiger partial charge in [0.15, 0.2) is 0 Å². The first-order valence-corrected chi connectivity index (χ1v) is 11.6. The fourth-order valence-corrected chi connectivity index (χ4v) is 4.80. The van der Waals surface area contributed by atoms with Gasteiger partial charge >= 0.3 is 6.18 Å². The van der Waals surface area contributed by atoms with E-state index in [1.165, 1.54) is 51.5 Å². The Balaban J connectivity index is 1.93. The zero-order chi connectivity index (χ0) is 24.4. The van der Waals surface area contributed by atoms with Crippen molar-refractivity contribution < 1.29 is 26.4 Å². The van der Waals surface area contributed by atoms with Crippen LogP contribution >= 0.6 is 0 Å². The van der Waals surface area contributed by atoms with Crippen molar-refractivity contribution in [3.8, 4) is 5.69 Å². The van der Waals surface area contributed by atoms with Crippen LogP contribution in [0.25, 0.3) is 5.69 Å². The zero-order valence-corrected chi connectivity index (χ0v) is 19.0. The molecule has 0 aliphatic carbocycles. The van der Waals surface area contributed by atoms with Gasteiger partial charge in [-0.1, -0.05) is 26.0 Å². The van der Waals surface area contributed by atoms with Crippen LogP contribution in [0.5, 0.6) is 0 Å². The maximum Gasteiger partial charge on any atom is 0.416 e. The van der Waals surface area contributed by atoms with Gasteiger partial charge in [0, 0.05) is 24.7 Å². The van der Waals surface area contributed by atoms with Crippen LogP contribution < -0.4 is 5.32 Å². The summed E-state index contributed by atoms with van der Waals surface area (Å²) >= 11 is 0. The SMILES string of the molecule is CCN(CC)S(=O)(=O)c1cccc(C(=O)Nc2cc(C)nn2-c2cccc(C(F)(F)F)c2)c1. The van der Waals surface area contributed by atoms with Gasteiger partial charge in [-0.05, 0) is 43.3 Å². The molecule has 1 aromatic heterocycles. The average Bonchev–Trinajstić information content (AvgIpc) is 3.14. The van der Waals surface area contributed by atoms with Crippen LogP contribution in [-0.4, -0.2) is 41.5 Å². The van der Waals surface area contributed by atoms with Gasteiger partial charge in [0.2, 0.25) is 10.0 Å². The summed E-state index contributed by atoms with van der Waals surface area (Å²) in [5, 5.41) is 6.80. The fraction of sp³-hybridized carbons (Fsp3) is 0.273. The topological polar surface area (TPSA) is 84.3 Å². The molecule has 1 heterocycles. The van der Waals surface area contributed by atoms with Crippen molar-refractivity contribution in [2.75, 3.05) is 18.4 Å². The third-order valence-electron chi connectivity index (χ3n) is 4.93. The van der Waals surface area contributed by atoms with E-state index >= 15 is 0 Å². The minimum atomic E-state index is -4.53. The third kappa shape index (κ3) is 5.25. The van der Waals surface area contributed by atoms with E-state index in [1.54, 1.807) is 20.8 Å². The van der Waals surface area contributed by atoms with Crippen LogP contribution in [0.4, 0.5) is 19.0 Å². The van der Waals surface area contributed by atoms with Crippen molar-refractivity contribution in [1.29, 1.82) is 0 Å². The Morgan fingerprint density at radius 2 is 1.73 bits per heavy atom. The van der Waals surface area contributed by atoms with Crippen LogP contribution in [-0.2, 0) is 16.2 Å². The highest BCUT2D eigenvalue weighted by Crippen LogP contribution is 2.31. The Kier molecular flexibility index (Phi) is 6.94. The molecule has 11 heteroatoms. The molecule has 0 saturated carbocycles. The lowest BCUT2D eigenvalue weighted by molar-refractivity contribution is -0.137. The van der Waals surface area contributed by atoms with E-state index < -0.39 is 27.7 Å². The number of anilines is 1. The number of hydrogen-bond acceptors (Lipinski definition) is 4. The number of carbonyl (C=O) groups is 1. The molecular formula is C22H23F3N4O3S. The van der Waals surface area contributed by atoms with Crippen molar-refractivity contribution >= 4 is 21.7 Å². The van der Waals surface area contributed by atoms with Crippen LogP contribution in [0.3, 0.4) is 0 Å². The van der Waals surface area contributed by atoms with E-state index in [-0.39, 0.29) is 35.1 Å². The van der Waals surface area contributed by atoms with Gasteiger partial charge in [-0.3, -0.25) is 4.79 Å². The number of sulfonamides is 1. The number of amides is 1. The average molecular weight is 481 g/mol. The van der Waals surface area contributed by atoms with Gasteiger partial charge in [-0.15, -0.1) is 0 Å². The molecule has 0 fully saturated rings. The van der Waals surface area contributed by atoms with E-state index in [4.69, 9.17) is 0 Å². The first kappa shape index (κ1) is 24.5. The van der Waals surface area contributed by atoms with Gasteiger partial charge in [0.25, 0.3) is 5.91 Å². The number of halogens is 3. The van der Waals surface area contributed by atoms with Gasteiger partial charge in [0.05, 0.1) is 21.8 Å². The van der Waals surface area contributed by atoms with Crippen LogP contribution in [0, 0.1) is 6.92 Å². The van der Waals surface area contributed by atoms with E-state index in [0.29, 0.717) is 5.69 Å². The highest BCUT2D eigenvalue weighted by atomic mass is 32.2. The Labute approximate surface area is 189 Å². The Morgan fingerprint density at radius 1 is 1.06 bits per heavy atom.